The van der Waals surface area contributed by atoms with Crippen LogP contribution in [0.5, 0.6) is 0 Å². The fraction of sp³-hybridized carbons (Fsp3) is 0.333. The number of pyridine rings is 1. The van der Waals surface area contributed by atoms with E-state index >= 15 is 0 Å². The number of ether oxygens (including phenoxy) is 1. The van der Waals surface area contributed by atoms with Crippen LogP contribution < -0.4 is 5.46 Å². The fourth-order valence-electron chi connectivity index (χ4n) is 1.64. The SMILES string of the molecule is CC(C)(C)OC(=O)n1ccc2cc(B(O)O)cnc21. The number of fused-ring (bicyclic) bond motifs is 1. The third-order valence-electron chi connectivity index (χ3n) is 2.44. The molecule has 7 heteroatoms. The minimum Gasteiger partial charge on any atom is -0.443 e. The smallest absolute Gasteiger partial charge is 0.443 e. The highest BCUT2D eigenvalue weighted by Gasteiger charge is 2.20. The van der Waals surface area contributed by atoms with Gasteiger partial charge < -0.3 is 14.8 Å². The van der Waals surface area contributed by atoms with E-state index in [-0.39, 0.29) is 5.46 Å². The van der Waals surface area contributed by atoms with Gasteiger partial charge in [0.1, 0.15) is 11.2 Å². The zero-order valence-electron chi connectivity index (χ0n) is 11.0. The normalized spacial score (nSPS) is 11.6. The first-order valence-electron chi connectivity index (χ1n) is 5.84. The zero-order valence-corrected chi connectivity index (χ0v) is 11.0. The van der Waals surface area contributed by atoms with Gasteiger partial charge in [0.2, 0.25) is 0 Å². The number of nitrogens with zero attached hydrogens (tertiary/aromatic N) is 2. The number of aromatic nitrogens is 2. The molecular formula is C12H15BN2O4. The molecule has 100 valence electrons. The summed E-state index contributed by atoms with van der Waals surface area (Å²) in [5.74, 6) is 0. The van der Waals surface area contributed by atoms with Gasteiger partial charge in [0.15, 0.2) is 0 Å². The van der Waals surface area contributed by atoms with E-state index in [2.05, 4.69) is 4.98 Å². The standard InChI is InChI=1S/C12H15BN2O4/c1-12(2,3)19-11(16)15-5-4-8-6-9(13(17)18)7-14-10(8)15/h4-7,17-18H,1-3H3. The van der Waals surface area contributed by atoms with Crippen LogP contribution in [0, 0.1) is 0 Å². The summed E-state index contributed by atoms with van der Waals surface area (Å²) in [5, 5.41) is 18.8. The van der Waals surface area contributed by atoms with Gasteiger partial charge >= 0.3 is 13.2 Å². The van der Waals surface area contributed by atoms with Crippen molar-refractivity contribution in [3.8, 4) is 0 Å². The molecule has 19 heavy (non-hydrogen) atoms. The molecular weight excluding hydrogens is 247 g/mol. The molecule has 0 radical (unpaired) electrons. The molecule has 2 rings (SSSR count). The Morgan fingerprint density at radius 3 is 2.68 bits per heavy atom. The van der Waals surface area contributed by atoms with Gasteiger partial charge in [-0.1, -0.05) is 0 Å². The molecule has 0 bridgehead atoms. The van der Waals surface area contributed by atoms with Crippen molar-refractivity contribution in [2.45, 2.75) is 26.4 Å². The molecule has 0 aromatic carbocycles. The summed E-state index contributed by atoms with van der Waals surface area (Å²) < 4.78 is 6.54. The number of hydrogen-bond donors (Lipinski definition) is 2. The summed E-state index contributed by atoms with van der Waals surface area (Å²) in [6.07, 6.45) is 2.33. The van der Waals surface area contributed by atoms with Crippen molar-refractivity contribution in [2.24, 2.45) is 0 Å². The van der Waals surface area contributed by atoms with Gasteiger partial charge in [-0.2, -0.15) is 0 Å². The highest BCUT2D eigenvalue weighted by atomic mass is 16.6. The first-order valence-corrected chi connectivity index (χ1v) is 5.84. The Kier molecular flexibility index (Phi) is 3.34. The lowest BCUT2D eigenvalue weighted by molar-refractivity contribution is 0.0543. The number of carbonyl (C=O) groups excluding carboxylic acids is 1. The van der Waals surface area contributed by atoms with Gasteiger partial charge in [-0.15, -0.1) is 0 Å². The summed E-state index contributed by atoms with van der Waals surface area (Å²) >= 11 is 0. The van der Waals surface area contributed by atoms with E-state index in [1.807, 2.05) is 0 Å². The van der Waals surface area contributed by atoms with E-state index in [1.165, 1.54) is 10.8 Å². The average Bonchev–Trinajstić information content (AvgIpc) is 2.68. The van der Waals surface area contributed by atoms with Crippen LogP contribution in [0.4, 0.5) is 4.79 Å². The van der Waals surface area contributed by atoms with Crippen LogP contribution in [0.15, 0.2) is 24.5 Å². The number of rotatable bonds is 1. The van der Waals surface area contributed by atoms with Crippen LogP contribution >= 0.6 is 0 Å². The summed E-state index contributed by atoms with van der Waals surface area (Å²) in [4.78, 5) is 16.0. The molecule has 0 aliphatic rings. The summed E-state index contributed by atoms with van der Waals surface area (Å²) in [7, 11) is -1.58. The third-order valence-corrected chi connectivity index (χ3v) is 2.44. The van der Waals surface area contributed by atoms with Crippen molar-refractivity contribution < 1.29 is 19.6 Å². The van der Waals surface area contributed by atoms with Crippen molar-refractivity contribution in [2.75, 3.05) is 0 Å². The van der Waals surface area contributed by atoms with Crippen LogP contribution in [0.3, 0.4) is 0 Å². The van der Waals surface area contributed by atoms with E-state index in [0.29, 0.717) is 11.0 Å². The Balaban J connectivity index is 2.38. The summed E-state index contributed by atoms with van der Waals surface area (Å²) in [5.41, 5.74) is 0.0997. The Morgan fingerprint density at radius 1 is 1.42 bits per heavy atom. The molecule has 6 nitrogen and oxygen atoms in total. The maximum atomic E-state index is 12.0. The molecule has 0 amide bonds. The van der Waals surface area contributed by atoms with Gasteiger partial charge in [-0.05, 0) is 32.9 Å². The Bertz CT molecular complexity index is 616. The second-order valence-corrected chi connectivity index (χ2v) is 5.22. The minimum absolute atomic E-state index is 0.273. The second-order valence-electron chi connectivity index (χ2n) is 5.22. The van der Waals surface area contributed by atoms with Gasteiger partial charge in [0.05, 0.1) is 0 Å². The van der Waals surface area contributed by atoms with E-state index in [1.54, 1.807) is 39.1 Å². The monoisotopic (exact) mass is 262 g/mol. The molecule has 0 aliphatic carbocycles. The Labute approximate surface area is 110 Å². The second kappa shape index (κ2) is 4.67. The predicted octanol–water partition coefficient (Wildman–Crippen LogP) is 0.499. The quantitative estimate of drug-likeness (QED) is 0.731. The number of hydrogen-bond acceptors (Lipinski definition) is 5. The van der Waals surface area contributed by atoms with E-state index in [0.717, 1.165) is 0 Å². The average molecular weight is 262 g/mol. The van der Waals surface area contributed by atoms with E-state index < -0.39 is 18.8 Å². The van der Waals surface area contributed by atoms with Crippen LogP contribution in [-0.2, 0) is 4.74 Å². The van der Waals surface area contributed by atoms with E-state index in [4.69, 9.17) is 14.8 Å². The molecule has 0 fully saturated rings. The van der Waals surface area contributed by atoms with Crippen molar-refractivity contribution in [1.82, 2.24) is 9.55 Å². The minimum atomic E-state index is -1.58. The molecule has 0 atom stereocenters. The molecule has 0 spiro atoms. The first-order chi connectivity index (χ1) is 8.78. The Hall–Kier alpha value is -1.86. The van der Waals surface area contributed by atoms with Crippen molar-refractivity contribution in [1.29, 1.82) is 0 Å². The third kappa shape index (κ3) is 2.94. The zero-order chi connectivity index (χ0) is 14.2. The van der Waals surface area contributed by atoms with Crippen molar-refractivity contribution >= 4 is 29.7 Å². The Morgan fingerprint density at radius 2 is 2.11 bits per heavy atom. The van der Waals surface area contributed by atoms with Crippen LogP contribution in [0.1, 0.15) is 20.8 Å². The van der Waals surface area contributed by atoms with Gasteiger partial charge in [0, 0.05) is 23.2 Å². The van der Waals surface area contributed by atoms with Crippen molar-refractivity contribution in [3.05, 3.63) is 24.5 Å². The highest BCUT2D eigenvalue weighted by molar-refractivity contribution is 6.58. The lowest BCUT2D eigenvalue weighted by atomic mass is 9.81. The van der Waals surface area contributed by atoms with Crippen LogP contribution in [0.2, 0.25) is 0 Å². The molecule has 0 aliphatic heterocycles. The molecule has 0 saturated heterocycles. The lowest BCUT2D eigenvalue weighted by Crippen LogP contribution is -2.30. The van der Waals surface area contributed by atoms with Gasteiger partial charge in [-0.3, -0.25) is 0 Å². The maximum absolute atomic E-state index is 12.0. The molecule has 2 aromatic heterocycles. The van der Waals surface area contributed by atoms with Crippen LogP contribution in [0.25, 0.3) is 11.0 Å². The highest BCUT2D eigenvalue weighted by Crippen LogP contribution is 2.15. The lowest BCUT2D eigenvalue weighted by Gasteiger charge is -2.19. The van der Waals surface area contributed by atoms with Gasteiger partial charge in [0.25, 0.3) is 0 Å². The predicted molar refractivity (Wildman–Crippen MR) is 71.2 cm³/mol. The number of carbonyl (C=O) groups is 1. The molecule has 2 N–H and O–H groups in total. The molecule has 0 unspecified atom stereocenters. The van der Waals surface area contributed by atoms with Crippen LogP contribution in [-0.4, -0.2) is 38.4 Å². The maximum Gasteiger partial charge on any atom is 0.490 e. The molecule has 0 saturated carbocycles. The first kappa shape index (κ1) is 13.6. The largest absolute Gasteiger partial charge is 0.490 e. The van der Waals surface area contributed by atoms with Crippen molar-refractivity contribution in [3.63, 3.8) is 0 Å². The van der Waals surface area contributed by atoms with E-state index in [9.17, 15) is 4.79 Å². The van der Waals surface area contributed by atoms with Gasteiger partial charge in [-0.25, -0.2) is 14.3 Å². The summed E-state index contributed by atoms with van der Waals surface area (Å²) in [6, 6.07) is 3.23. The molecule has 2 heterocycles. The fourth-order valence-corrected chi connectivity index (χ4v) is 1.64. The topological polar surface area (TPSA) is 84.6 Å². The summed E-state index contributed by atoms with van der Waals surface area (Å²) in [6.45, 7) is 5.35. The molecule has 2 aromatic rings.